The van der Waals surface area contributed by atoms with Crippen LogP contribution in [0.1, 0.15) is 66.8 Å². The predicted molar refractivity (Wildman–Crippen MR) is 188 cm³/mol. The topological polar surface area (TPSA) is 134 Å². The minimum Gasteiger partial charge on any atom is -0.340 e. The largest absolute Gasteiger partial charge is 0.340 e. The molecule has 0 bridgehead atoms. The van der Waals surface area contributed by atoms with Gasteiger partial charge < -0.3 is 20.0 Å². The summed E-state index contributed by atoms with van der Waals surface area (Å²) in [6.45, 7) is 8.45. The molecule has 5 atom stereocenters. The fraction of sp³-hybridized carbons (Fsp3) is 0.556. The number of H-pyrrole nitrogens is 1. The number of hydrogen-bond acceptors (Lipinski definition) is 8. The van der Waals surface area contributed by atoms with Crippen LogP contribution in [0, 0.1) is 23.2 Å². The number of carbonyl (C=O) groups is 2. The van der Waals surface area contributed by atoms with Gasteiger partial charge in [-0.2, -0.15) is 10.5 Å². The molecule has 1 aliphatic heterocycles. The van der Waals surface area contributed by atoms with Crippen molar-refractivity contribution in [3.63, 3.8) is 0 Å². The lowest BCUT2D eigenvalue weighted by Crippen LogP contribution is -2.47. The quantitative estimate of drug-likeness (QED) is 0.171. The molecule has 3 aliphatic rings. The van der Waals surface area contributed by atoms with Gasteiger partial charge in [-0.05, 0) is 84.2 Å². The number of hydrogen-bond donors (Lipinski definition) is 2. The molecule has 2 heterocycles. The summed E-state index contributed by atoms with van der Waals surface area (Å²) >= 11 is 0. The second-order valence-electron chi connectivity index (χ2n) is 13.8. The summed E-state index contributed by atoms with van der Waals surface area (Å²) in [6.07, 6.45) is 4.77. The number of piperazine rings is 1. The maximum atomic E-state index is 13.5. The Balaban J connectivity index is 1.27. The first-order valence-corrected chi connectivity index (χ1v) is 17.9. The van der Waals surface area contributed by atoms with E-state index in [1.54, 1.807) is 4.90 Å². The molecule has 1 aromatic heterocycles. The third-order valence-electron chi connectivity index (χ3n) is 10.8. The van der Waals surface area contributed by atoms with Crippen molar-refractivity contribution in [2.75, 3.05) is 52.9 Å². The number of carbonyl (C=O) groups excluding carboxylic acids is 2. The Morgan fingerprint density at radius 2 is 1.85 bits per heavy atom. The van der Waals surface area contributed by atoms with Gasteiger partial charge in [0.1, 0.15) is 6.54 Å². The highest BCUT2D eigenvalue weighted by molar-refractivity contribution is 7.27. The van der Waals surface area contributed by atoms with E-state index >= 15 is 0 Å². The Morgan fingerprint density at radius 1 is 1.12 bits per heavy atom. The predicted octanol–water partition coefficient (Wildman–Crippen LogP) is 2.22. The SMILES string of the molecule is CCCC1C(C)C1N(CC#N)C(=O)CNCCC1(c2nn[nH]n2)c2ccc(P)cc2CCc2cc(CC(=O)N3CCN(C)CC3)ccc21. The Kier molecular flexibility index (Phi) is 10.5. The van der Waals surface area contributed by atoms with Gasteiger partial charge in [0.25, 0.3) is 0 Å². The normalized spacial score (nSPS) is 23.5. The first-order chi connectivity index (χ1) is 23.3. The van der Waals surface area contributed by atoms with Gasteiger partial charge in [0.05, 0.1) is 24.4 Å². The summed E-state index contributed by atoms with van der Waals surface area (Å²) in [5.41, 5.74) is 4.90. The third-order valence-corrected chi connectivity index (χ3v) is 11.2. The average Bonchev–Trinajstić information content (AvgIpc) is 3.43. The maximum absolute atomic E-state index is 13.5. The molecule has 2 aliphatic carbocycles. The van der Waals surface area contributed by atoms with Crippen LogP contribution in [-0.4, -0.2) is 106 Å². The lowest BCUT2D eigenvalue weighted by Gasteiger charge is -2.34. The van der Waals surface area contributed by atoms with Crippen LogP contribution in [0.4, 0.5) is 0 Å². The molecule has 0 radical (unpaired) electrons. The van der Waals surface area contributed by atoms with Crippen LogP contribution < -0.4 is 10.6 Å². The minimum absolute atomic E-state index is 0.0374. The Morgan fingerprint density at radius 3 is 2.54 bits per heavy atom. The summed E-state index contributed by atoms with van der Waals surface area (Å²) in [7, 11) is 4.91. The van der Waals surface area contributed by atoms with Crippen LogP contribution in [0.5, 0.6) is 0 Å². The van der Waals surface area contributed by atoms with Gasteiger partial charge in [-0.1, -0.05) is 61.9 Å². The summed E-state index contributed by atoms with van der Waals surface area (Å²) in [5, 5.41) is 29.9. The standard InChI is InChI=1S/C36H48N9O2P/c1-4-5-29-24(2)34(29)45(15-13-37)33(47)23-38-14-12-36(35-39-41-42-40-35)30-10-6-25(21-32(46)44-18-16-43(3)17-19-44)20-26(30)7-8-27-22-28(48)9-11-31(27)36/h6,9-11,20,22,24,29,34,38H,4-5,7-8,12,14-19,21,23,48H2,1-3H3,(H,39,40,41,42). The molecule has 254 valence electrons. The van der Waals surface area contributed by atoms with E-state index in [0.29, 0.717) is 37.0 Å². The number of nitrogens with one attached hydrogen (secondary N) is 2. The van der Waals surface area contributed by atoms with Gasteiger partial charge in [0.2, 0.25) is 11.8 Å². The molecule has 5 unspecified atom stereocenters. The van der Waals surface area contributed by atoms with Crippen molar-refractivity contribution < 1.29 is 9.59 Å². The second kappa shape index (κ2) is 14.8. The van der Waals surface area contributed by atoms with Crippen LogP contribution in [0.3, 0.4) is 0 Å². The van der Waals surface area contributed by atoms with Crippen molar-refractivity contribution in [2.24, 2.45) is 11.8 Å². The minimum atomic E-state index is -0.730. The van der Waals surface area contributed by atoms with Gasteiger partial charge in [-0.25, -0.2) is 0 Å². The Bertz CT molecular complexity index is 1650. The fourth-order valence-corrected chi connectivity index (χ4v) is 8.45. The number of nitrogens with zero attached hydrogens (tertiary/aromatic N) is 7. The van der Waals surface area contributed by atoms with E-state index in [0.717, 1.165) is 73.9 Å². The number of aromatic amines is 1. The molecule has 2 amide bonds. The molecule has 1 saturated carbocycles. The zero-order chi connectivity index (χ0) is 33.8. The zero-order valence-corrected chi connectivity index (χ0v) is 29.6. The summed E-state index contributed by atoms with van der Waals surface area (Å²) in [4.78, 5) is 32.7. The molecule has 3 aromatic rings. The van der Waals surface area contributed by atoms with E-state index in [1.165, 1.54) is 11.1 Å². The number of rotatable bonds is 12. The van der Waals surface area contributed by atoms with Gasteiger partial charge in [-0.3, -0.25) is 9.59 Å². The van der Waals surface area contributed by atoms with Crippen molar-refractivity contribution >= 4 is 26.4 Å². The highest BCUT2D eigenvalue weighted by Gasteiger charge is 2.51. The van der Waals surface area contributed by atoms with Crippen LogP contribution in [0.25, 0.3) is 0 Å². The molecular formula is C36H48N9O2P. The van der Waals surface area contributed by atoms with Crippen LogP contribution >= 0.6 is 9.24 Å². The monoisotopic (exact) mass is 669 g/mol. The van der Waals surface area contributed by atoms with Crippen molar-refractivity contribution in [2.45, 2.75) is 63.8 Å². The highest BCUT2D eigenvalue weighted by Crippen LogP contribution is 2.47. The van der Waals surface area contributed by atoms with Crippen molar-refractivity contribution in [3.05, 3.63) is 70.0 Å². The number of aryl methyl sites for hydroxylation is 2. The van der Waals surface area contributed by atoms with E-state index in [4.69, 9.17) is 0 Å². The lowest BCUT2D eigenvalue weighted by molar-refractivity contribution is -0.132. The fourth-order valence-electron chi connectivity index (χ4n) is 8.15. The van der Waals surface area contributed by atoms with Crippen LogP contribution in [0.15, 0.2) is 36.4 Å². The molecule has 0 spiro atoms. The molecule has 12 heteroatoms. The first kappa shape index (κ1) is 34.2. The van der Waals surface area contributed by atoms with E-state index in [-0.39, 0.29) is 30.9 Å². The van der Waals surface area contributed by atoms with E-state index in [1.807, 2.05) is 4.90 Å². The van der Waals surface area contributed by atoms with Gasteiger partial charge in [-0.15, -0.1) is 19.4 Å². The van der Waals surface area contributed by atoms with Gasteiger partial charge in [0.15, 0.2) is 5.82 Å². The molecule has 2 fully saturated rings. The van der Waals surface area contributed by atoms with Crippen LogP contribution in [0.2, 0.25) is 0 Å². The number of tetrazole rings is 1. The lowest BCUT2D eigenvalue weighted by atomic mass is 9.69. The molecule has 48 heavy (non-hydrogen) atoms. The van der Waals surface area contributed by atoms with E-state index < -0.39 is 5.41 Å². The first-order valence-electron chi connectivity index (χ1n) is 17.3. The van der Waals surface area contributed by atoms with Crippen molar-refractivity contribution in [3.8, 4) is 6.07 Å². The smallest absolute Gasteiger partial charge is 0.237 e. The molecular weight excluding hydrogens is 621 g/mol. The van der Waals surface area contributed by atoms with E-state index in [9.17, 15) is 14.9 Å². The molecule has 11 nitrogen and oxygen atoms in total. The molecule has 2 aromatic carbocycles. The maximum Gasteiger partial charge on any atom is 0.237 e. The molecule has 1 saturated heterocycles. The molecule has 2 N–H and O–H groups in total. The number of nitriles is 1. The average molecular weight is 670 g/mol. The highest BCUT2D eigenvalue weighted by atomic mass is 31.0. The van der Waals surface area contributed by atoms with Crippen LogP contribution in [-0.2, 0) is 34.3 Å². The number of aromatic nitrogens is 4. The van der Waals surface area contributed by atoms with Gasteiger partial charge in [0, 0.05) is 32.2 Å². The third kappa shape index (κ3) is 6.89. The van der Waals surface area contributed by atoms with Gasteiger partial charge >= 0.3 is 0 Å². The van der Waals surface area contributed by atoms with E-state index in [2.05, 4.69) is 103 Å². The van der Waals surface area contributed by atoms with Crippen molar-refractivity contribution in [1.29, 1.82) is 5.26 Å². The number of fused-ring (bicyclic) bond motifs is 2. The number of likely N-dealkylation sites (N-methyl/N-ethyl adjacent to an activating group) is 1. The number of benzene rings is 2. The Labute approximate surface area is 286 Å². The second-order valence-corrected chi connectivity index (χ2v) is 14.5. The Hall–Kier alpha value is -3.71. The number of amides is 2. The zero-order valence-electron chi connectivity index (χ0n) is 28.4. The van der Waals surface area contributed by atoms with Crippen molar-refractivity contribution in [1.82, 2.24) is 40.6 Å². The summed E-state index contributed by atoms with van der Waals surface area (Å²) in [6, 6.07) is 15.3. The molecule has 6 rings (SSSR count). The summed E-state index contributed by atoms with van der Waals surface area (Å²) < 4.78 is 0. The summed E-state index contributed by atoms with van der Waals surface area (Å²) in [5.74, 6) is 1.60.